The first-order chi connectivity index (χ1) is 11.3. The summed E-state index contributed by atoms with van der Waals surface area (Å²) in [4.78, 5) is 25.3. The molecule has 132 valence electrons. The number of piperidine rings is 1. The smallest absolute Gasteiger partial charge is 0.225 e. The minimum absolute atomic E-state index is 0.101. The Morgan fingerprint density at radius 3 is 2.54 bits per heavy atom. The normalized spacial score (nSPS) is 22.1. The summed E-state index contributed by atoms with van der Waals surface area (Å²) in [5, 5.41) is 12.3. The van der Waals surface area contributed by atoms with Crippen molar-refractivity contribution in [1.29, 1.82) is 0 Å². The quantitative estimate of drug-likeness (QED) is 0.877. The Kier molecular flexibility index (Phi) is 5.88. The van der Waals surface area contributed by atoms with Gasteiger partial charge in [-0.05, 0) is 24.5 Å². The van der Waals surface area contributed by atoms with E-state index in [1.54, 1.807) is 0 Å². The molecular formula is C17H22F2N2O3. The lowest BCUT2D eigenvalue weighted by molar-refractivity contribution is -0.136. The highest BCUT2D eigenvalue weighted by molar-refractivity contribution is 5.79. The second-order valence-corrected chi connectivity index (χ2v) is 6.27. The van der Waals surface area contributed by atoms with E-state index in [4.69, 9.17) is 0 Å². The van der Waals surface area contributed by atoms with Gasteiger partial charge in [0.1, 0.15) is 11.6 Å². The minimum atomic E-state index is -1.09. The lowest BCUT2D eigenvalue weighted by atomic mass is 9.95. The van der Waals surface area contributed by atoms with Crippen LogP contribution in [0.25, 0.3) is 0 Å². The number of β-amino-alcohol motifs (C(OH)–C–C–N with tert-alkyl or cyclic N) is 1. The lowest BCUT2D eigenvalue weighted by Crippen LogP contribution is -2.46. The minimum Gasteiger partial charge on any atom is -0.391 e. The Hall–Kier alpha value is -2.02. The molecular weight excluding hydrogens is 318 g/mol. The van der Waals surface area contributed by atoms with Gasteiger partial charge < -0.3 is 15.3 Å². The zero-order valence-corrected chi connectivity index (χ0v) is 13.8. The third kappa shape index (κ3) is 4.29. The summed E-state index contributed by atoms with van der Waals surface area (Å²) >= 11 is 0. The van der Waals surface area contributed by atoms with E-state index in [0.717, 1.165) is 12.1 Å². The van der Waals surface area contributed by atoms with Gasteiger partial charge in [0.25, 0.3) is 0 Å². The second-order valence-electron chi connectivity index (χ2n) is 6.27. The summed E-state index contributed by atoms with van der Waals surface area (Å²) in [5.74, 6) is -2.36. The number of aliphatic hydroxyl groups excluding tert-OH is 1. The van der Waals surface area contributed by atoms with E-state index in [0.29, 0.717) is 13.0 Å². The summed E-state index contributed by atoms with van der Waals surface area (Å²) in [6.45, 7) is 3.79. The molecule has 1 saturated heterocycles. The standard InChI is InChI=1S/C17H22F2N2O3/c1-10-6-7-21(9-15(10)23)16(24)8-14(20-11(2)22)17-12(18)4-3-5-13(17)19/h3-5,10,14-15,23H,6-9H2,1-2H3,(H,20,22). The molecule has 1 aromatic rings. The summed E-state index contributed by atoms with van der Waals surface area (Å²) in [6, 6.07) is 2.31. The maximum Gasteiger partial charge on any atom is 0.225 e. The zero-order valence-electron chi connectivity index (χ0n) is 13.8. The monoisotopic (exact) mass is 340 g/mol. The van der Waals surface area contributed by atoms with Crippen molar-refractivity contribution in [2.24, 2.45) is 5.92 Å². The first kappa shape index (κ1) is 18.3. The molecule has 2 amide bonds. The molecule has 3 unspecified atom stereocenters. The SMILES string of the molecule is CC(=O)NC(CC(=O)N1CCC(C)C(O)C1)c1c(F)cccc1F. The van der Waals surface area contributed by atoms with Gasteiger partial charge in [0.2, 0.25) is 11.8 Å². The van der Waals surface area contributed by atoms with Crippen molar-refractivity contribution >= 4 is 11.8 Å². The molecule has 1 heterocycles. The van der Waals surface area contributed by atoms with Crippen molar-refractivity contribution in [1.82, 2.24) is 10.2 Å². The number of carbonyl (C=O) groups is 2. The van der Waals surface area contributed by atoms with Gasteiger partial charge in [-0.2, -0.15) is 0 Å². The van der Waals surface area contributed by atoms with Crippen molar-refractivity contribution in [2.45, 2.75) is 38.8 Å². The fourth-order valence-electron chi connectivity index (χ4n) is 2.89. The molecule has 1 aliphatic rings. The third-order valence-electron chi connectivity index (χ3n) is 4.38. The van der Waals surface area contributed by atoms with Crippen molar-refractivity contribution in [3.05, 3.63) is 35.4 Å². The number of nitrogens with zero attached hydrogens (tertiary/aromatic N) is 1. The van der Waals surface area contributed by atoms with Crippen LogP contribution in [0.1, 0.15) is 38.3 Å². The zero-order chi connectivity index (χ0) is 17.9. The average Bonchev–Trinajstić information content (AvgIpc) is 2.49. The average molecular weight is 340 g/mol. The first-order valence-corrected chi connectivity index (χ1v) is 7.96. The van der Waals surface area contributed by atoms with Crippen molar-refractivity contribution < 1.29 is 23.5 Å². The Morgan fingerprint density at radius 2 is 2.00 bits per heavy atom. The molecule has 3 atom stereocenters. The van der Waals surface area contributed by atoms with Gasteiger partial charge in [0.05, 0.1) is 18.6 Å². The summed E-state index contributed by atoms with van der Waals surface area (Å²) in [5.41, 5.74) is -0.327. The van der Waals surface area contributed by atoms with Crippen LogP contribution in [0.15, 0.2) is 18.2 Å². The molecule has 0 radical (unpaired) electrons. The van der Waals surface area contributed by atoms with Crippen LogP contribution in [0.3, 0.4) is 0 Å². The number of halogens is 2. The number of likely N-dealkylation sites (tertiary alicyclic amines) is 1. The second kappa shape index (κ2) is 7.70. The number of hydrogen-bond donors (Lipinski definition) is 2. The predicted octanol–water partition coefficient (Wildman–Crippen LogP) is 1.76. The Bertz CT molecular complexity index is 604. The van der Waals surface area contributed by atoms with Crippen LogP contribution in [0, 0.1) is 17.6 Å². The number of carbonyl (C=O) groups excluding carboxylic acids is 2. The molecule has 1 aliphatic heterocycles. The van der Waals surface area contributed by atoms with Gasteiger partial charge in [0.15, 0.2) is 0 Å². The highest BCUT2D eigenvalue weighted by Crippen LogP contribution is 2.25. The van der Waals surface area contributed by atoms with Crippen LogP contribution in [0.4, 0.5) is 8.78 Å². The molecule has 7 heteroatoms. The molecule has 0 bridgehead atoms. The van der Waals surface area contributed by atoms with E-state index >= 15 is 0 Å². The van der Waals surface area contributed by atoms with E-state index in [9.17, 15) is 23.5 Å². The van der Waals surface area contributed by atoms with E-state index in [2.05, 4.69) is 5.32 Å². The van der Waals surface area contributed by atoms with E-state index in [1.807, 2.05) is 6.92 Å². The summed E-state index contributed by atoms with van der Waals surface area (Å²) < 4.78 is 28.0. The largest absolute Gasteiger partial charge is 0.391 e. The molecule has 2 rings (SSSR count). The molecule has 5 nitrogen and oxygen atoms in total. The van der Waals surface area contributed by atoms with Crippen LogP contribution >= 0.6 is 0 Å². The molecule has 0 aliphatic carbocycles. The Labute approximate surface area is 139 Å². The number of benzene rings is 1. The van der Waals surface area contributed by atoms with Crippen LogP contribution in [-0.2, 0) is 9.59 Å². The van der Waals surface area contributed by atoms with Crippen LogP contribution in [0.2, 0.25) is 0 Å². The van der Waals surface area contributed by atoms with Gasteiger partial charge in [-0.3, -0.25) is 9.59 Å². The van der Waals surface area contributed by atoms with Gasteiger partial charge in [-0.25, -0.2) is 8.78 Å². The van der Waals surface area contributed by atoms with Crippen LogP contribution < -0.4 is 5.32 Å². The number of aliphatic hydroxyl groups is 1. The van der Waals surface area contributed by atoms with Gasteiger partial charge >= 0.3 is 0 Å². The fourth-order valence-corrected chi connectivity index (χ4v) is 2.89. The molecule has 24 heavy (non-hydrogen) atoms. The lowest BCUT2D eigenvalue weighted by Gasteiger charge is -2.35. The number of amides is 2. The molecule has 2 N–H and O–H groups in total. The highest BCUT2D eigenvalue weighted by atomic mass is 19.1. The van der Waals surface area contributed by atoms with E-state index in [-0.39, 0.29) is 30.4 Å². The number of nitrogens with one attached hydrogen (secondary N) is 1. The van der Waals surface area contributed by atoms with Crippen molar-refractivity contribution in [2.75, 3.05) is 13.1 Å². The Balaban J connectivity index is 2.17. The van der Waals surface area contributed by atoms with Gasteiger partial charge in [0, 0.05) is 25.6 Å². The summed E-state index contributed by atoms with van der Waals surface area (Å²) in [6.07, 6.45) is -0.225. The van der Waals surface area contributed by atoms with Crippen LogP contribution in [0.5, 0.6) is 0 Å². The predicted molar refractivity (Wildman–Crippen MR) is 83.9 cm³/mol. The number of hydrogen-bond acceptors (Lipinski definition) is 3. The highest BCUT2D eigenvalue weighted by Gasteiger charge is 2.30. The van der Waals surface area contributed by atoms with Gasteiger partial charge in [-0.1, -0.05) is 13.0 Å². The maximum atomic E-state index is 14.0. The van der Waals surface area contributed by atoms with Crippen LogP contribution in [-0.4, -0.2) is 41.0 Å². The van der Waals surface area contributed by atoms with E-state index < -0.39 is 29.7 Å². The first-order valence-electron chi connectivity index (χ1n) is 7.96. The Morgan fingerprint density at radius 1 is 1.38 bits per heavy atom. The topological polar surface area (TPSA) is 69.6 Å². The molecule has 1 fully saturated rings. The molecule has 0 saturated carbocycles. The summed E-state index contributed by atoms with van der Waals surface area (Å²) in [7, 11) is 0. The van der Waals surface area contributed by atoms with Gasteiger partial charge in [-0.15, -0.1) is 0 Å². The fraction of sp³-hybridized carbons (Fsp3) is 0.529. The van der Waals surface area contributed by atoms with Crippen molar-refractivity contribution in [3.8, 4) is 0 Å². The van der Waals surface area contributed by atoms with E-state index in [1.165, 1.54) is 17.9 Å². The maximum absolute atomic E-state index is 14.0. The number of rotatable bonds is 4. The molecule has 0 spiro atoms. The third-order valence-corrected chi connectivity index (χ3v) is 4.38. The molecule has 0 aromatic heterocycles. The molecule has 1 aromatic carbocycles. The van der Waals surface area contributed by atoms with Crippen molar-refractivity contribution in [3.63, 3.8) is 0 Å².